The molecule has 12 rings (SSSR count). The Labute approximate surface area is 312 Å². The summed E-state index contributed by atoms with van der Waals surface area (Å²) in [6.45, 7) is 0.235. The fourth-order valence-corrected chi connectivity index (χ4v) is 10.4. The van der Waals surface area contributed by atoms with E-state index in [1.54, 1.807) is 0 Å². The third-order valence-electron chi connectivity index (χ3n) is 11.3. The zero-order chi connectivity index (χ0) is 35.5. The molecule has 5 nitrogen and oxygen atoms in total. The van der Waals surface area contributed by atoms with E-state index >= 15 is 0 Å². The molecular weight excluding hydrogens is 683 g/mol. The molecule has 8 aromatic carbocycles. The SMILES string of the molecule is NCNC(c1oc2ccccc2c1-n1c2c3ccccc3ccc2c2c3ccccc3c3c4ccccc4sc3c21)c1cccc2c1oc1ccccc12. The van der Waals surface area contributed by atoms with E-state index < -0.39 is 6.04 Å². The van der Waals surface area contributed by atoms with Gasteiger partial charge in [0.1, 0.15) is 16.7 Å². The Hall–Kier alpha value is -6.44. The van der Waals surface area contributed by atoms with E-state index in [0.717, 1.165) is 55.4 Å². The van der Waals surface area contributed by atoms with Crippen LogP contribution in [0.5, 0.6) is 0 Å². The van der Waals surface area contributed by atoms with Crippen LogP contribution in [0.2, 0.25) is 0 Å². The first-order chi connectivity index (χ1) is 26.8. The number of furan rings is 2. The van der Waals surface area contributed by atoms with Crippen molar-refractivity contribution in [2.24, 2.45) is 5.73 Å². The summed E-state index contributed by atoms with van der Waals surface area (Å²) < 4.78 is 18.8. The molecular formula is C48H31N3O2S. The molecule has 0 spiro atoms. The van der Waals surface area contributed by atoms with Crippen molar-refractivity contribution >= 4 is 108 Å². The number of para-hydroxylation sites is 3. The van der Waals surface area contributed by atoms with Gasteiger partial charge in [0.15, 0.2) is 5.76 Å². The zero-order valence-electron chi connectivity index (χ0n) is 29.0. The van der Waals surface area contributed by atoms with Gasteiger partial charge in [0.25, 0.3) is 0 Å². The third kappa shape index (κ3) is 3.99. The Kier molecular flexibility index (Phi) is 6.28. The highest BCUT2D eigenvalue weighted by atomic mass is 32.1. The highest BCUT2D eigenvalue weighted by molar-refractivity contribution is 7.27. The van der Waals surface area contributed by atoms with Crippen LogP contribution in [0.4, 0.5) is 0 Å². The van der Waals surface area contributed by atoms with Gasteiger partial charge >= 0.3 is 0 Å². The third-order valence-corrected chi connectivity index (χ3v) is 12.5. The number of rotatable bonds is 5. The smallest absolute Gasteiger partial charge is 0.150 e. The molecule has 256 valence electrons. The lowest BCUT2D eigenvalue weighted by Gasteiger charge is -2.20. The summed E-state index contributed by atoms with van der Waals surface area (Å²) in [5.41, 5.74) is 13.2. The summed E-state index contributed by atoms with van der Waals surface area (Å²) >= 11 is 1.87. The van der Waals surface area contributed by atoms with Crippen molar-refractivity contribution in [2.45, 2.75) is 6.04 Å². The monoisotopic (exact) mass is 713 g/mol. The molecule has 0 saturated carbocycles. The van der Waals surface area contributed by atoms with Gasteiger partial charge in [-0.15, -0.1) is 11.3 Å². The maximum absolute atomic E-state index is 7.11. The van der Waals surface area contributed by atoms with Gasteiger partial charge in [0.05, 0.1) is 27.5 Å². The highest BCUT2D eigenvalue weighted by Crippen LogP contribution is 2.51. The van der Waals surface area contributed by atoms with Gasteiger partial charge in [-0.2, -0.15) is 0 Å². The average Bonchev–Trinajstić information content (AvgIpc) is 3.99. The van der Waals surface area contributed by atoms with Crippen LogP contribution in [0.1, 0.15) is 17.4 Å². The predicted octanol–water partition coefficient (Wildman–Crippen LogP) is 12.7. The Bertz CT molecular complexity index is 3490. The van der Waals surface area contributed by atoms with Gasteiger partial charge in [-0.25, -0.2) is 0 Å². The molecule has 1 unspecified atom stereocenters. The Morgan fingerprint density at radius 2 is 1.19 bits per heavy atom. The summed E-state index contributed by atoms with van der Waals surface area (Å²) in [6.07, 6.45) is 0. The van der Waals surface area contributed by atoms with Crippen LogP contribution in [0, 0.1) is 0 Å². The molecule has 0 bridgehead atoms. The van der Waals surface area contributed by atoms with Crippen LogP contribution in [0.15, 0.2) is 160 Å². The number of fused-ring (bicyclic) bond motifs is 16. The molecule has 4 heterocycles. The summed E-state index contributed by atoms with van der Waals surface area (Å²) in [5, 5.41) is 16.7. The number of thiophene rings is 1. The second-order valence-electron chi connectivity index (χ2n) is 14.1. The van der Waals surface area contributed by atoms with Crippen LogP contribution >= 0.6 is 11.3 Å². The van der Waals surface area contributed by atoms with Crippen molar-refractivity contribution in [2.75, 3.05) is 6.67 Å². The first-order valence-corrected chi connectivity index (χ1v) is 19.1. The molecule has 0 aliphatic heterocycles. The standard InChI is InChI=1S/C48H31N3O2S/c49-26-50-42(36-20-11-19-32-29-14-5-8-21-37(29)52-46(32)36)47-44(33-17-6-9-22-38(33)53-47)51-43-28-13-2-1-12-27(28)24-25-35(43)40-30-15-3-4-16-31(30)41-34-18-7-10-23-39(34)54-48(41)45(40)51/h1-25,42,50H,26,49H2. The van der Waals surface area contributed by atoms with Crippen LogP contribution in [-0.2, 0) is 0 Å². The Balaban J connectivity index is 1.31. The number of nitrogens with one attached hydrogen (secondary N) is 1. The van der Waals surface area contributed by atoms with Crippen LogP contribution < -0.4 is 11.1 Å². The molecule has 54 heavy (non-hydrogen) atoms. The molecule has 0 saturated heterocycles. The fourth-order valence-electron chi connectivity index (χ4n) is 9.09. The van der Waals surface area contributed by atoms with Crippen LogP contribution in [-0.4, -0.2) is 11.2 Å². The quantitative estimate of drug-likeness (QED) is 0.174. The van der Waals surface area contributed by atoms with Crippen molar-refractivity contribution in [1.29, 1.82) is 0 Å². The minimum Gasteiger partial charge on any atom is -0.457 e. The van der Waals surface area contributed by atoms with Gasteiger partial charge in [-0.1, -0.05) is 127 Å². The topological polar surface area (TPSA) is 69.3 Å². The molecule has 4 aromatic heterocycles. The lowest BCUT2D eigenvalue weighted by atomic mass is 9.98. The van der Waals surface area contributed by atoms with Crippen LogP contribution in [0.3, 0.4) is 0 Å². The van der Waals surface area contributed by atoms with E-state index in [2.05, 4.69) is 143 Å². The average molecular weight is 714 g/mol. The normalized spacial score (nSPS) is 13.0. The van der Waals surface area contributed by atoms with Gasteiger partial charge < -0.3 is 19.1 Å². The van der Waals surface area contributed by atoms with E-state index in [1.807, 2.05) is 29.5 Å². The number of nitrogens with two attached hydrogens (primary N) is 1. The molecule has 0 amide bonds. The van der Waals surface area contributed by atoms with E-state index in [1.165, 1.54) is 58.0 Å². The molecule has 0 fully saturated rings. The molecule has 0 aliphatic carbocycles. The fraction of sp³-hybridized carbons (Fsp3) is 0.0417. The molecule has 3 N–H and O–H groups in total. The maximum atomic E-state index is 7.11. The molecule has 6 heteroatoms. The second kappa shape index (κ2) is 11.3. The van der Waals surface area contributed by atoms with Gasteiger partial charge in [-0.3, -0.25) is 5.32 Å². The Morgan fingerprint density at radius 1 is 0.537 bits per heavy atom. The van der Waals surface area contributed by atoms with Gasteiger partial charge in [0, 0.05) is 60.0 Å². The van der Waals surface area contributed by atoms with E-state index in [4.69, 9.17) is 14.6 Å². The van der Waals surface area contributed by atoms with Crippen molar-refractivity contribution in [3.8, 4) is 5.69 Å². The summed E-state index contributed by atoms with van der Waals surface area (Å²) in [7, 11) is 0. The molecule has 0 radical (unpaired) electrons. The minimum atomic E-state index is -0.428. The first-order valence-electron chi connectivity index (χ1n) is 18.3. The van der Waals surface area contributed by atoms with Crippen molar-refractivity contribution in [3.63, 3.8) is 0 Å². The van der Waals surface area contributed by atoms with Crippen molar-refractivity contribution in [3.05, 3.63) is 163 Å². The second-order valence-corrected chi connectivity index (χ2v) is 15.1. The molecule has 1 atom stereocenters. The van der Waals surface area contributed by atoms with E-state index in [0.29, 0.717) is 0 Å². The summed E-state index contributed by atoms with van der Waals surface area (Å²) in [6, 6.07) is 53.6. The predicted molar refractivity (Wildman–Crippen MR) is 226 cm³/mol. The van der Waals surface area contributed by atoms with Gasteiger partial charge in [-0.05, 0) is 40.4 Å². The molecule has 0 aliphatic rings. The largest absolute Gasteiger partial charge is 0.457 e. The first kappa shape index (κ1) is 30.1. The summed E-state index contributed by atoms with van der Waals surface area (Å²) in [4.78, 5) is 0. The number of benzene rings is 8. The number of hydrogen-bond acceptors (Lipinski definition) is 5. The Morgan fingerprint density at radius 3 is 2.00 bits per heavy atom. The lowest BCUT2D eigenvalue weighted by molar-refractivity contribution is 0.471. The lowest BCUT2D eigenvalue weighted by Crippen LogP contribution is -2.28. The number of hydrogen-bond donors (Lipinski definition) is 2. The number of nitrogens with zero attached hydrogens (tertiary/aromatic N) is 1. The number of aromatic nitrogens is 1. The zero-order valence-corrected chi connectivity index (χ0v) is 29.8. The van der Waals surface area contributed by atoms with Gasteiger partial charge in [0.2, 0.25) is 0 Å². The van der Waals surface area contributed by atoms with Crippen molar-refractivity contribution < 1.29 is 8.83 Å². The maximum Gasteiger partial charge on any atom is 0.150 e. The van der Waals surface area contributed by atoms with E-state index in [-0.39, 0.29) is 6.67 Å². The van der Waals surface area contributed by atoms with Crippen molar-refractivity contribution in [1.82, 2.24) is 9.88 Å². The van der Waals surface area contributed by atoms with Crippen LogP contribution in [0.25, 0.3) is 102 Å². The minimum absolute atomic E-state index is 0.235. The highest BCUT2D eigenvalue weighted by Gasteiger charge is 2.31. The molecule has 12 aromatic rings. The summed E-state index contributed by atoms with van der Waals surface area (Å²) in [5.74, 6) is 0.781. The van der Waals surface area contributed by atoms with E-state index in [9.17, 15) is 0 Å².